The van der Waals surface area contributed by atoms with Gasteiger partial charge in [-0.25, -0.2) is 0 Å². The number of hydrogen-bond acceptors (Lipinski definition) is 5. The number of likely N-dealkylation sites (N-methyl/N-ethyl adjacent to an activating group) is 1. The minimum absolute atomic E-state index is 0.00800. The summed E-state index contributed by atoms with van der Waals surface area (Å²) in [6.45, 7) is 8.50. The summed E-state index contributed by atoms with van der Waals surface area (Å²) < 4.78 is 5.84. The maximum Gasteiger partial charge on any atom is 0.256 e. The minimum Gasteiger partial charge on any atom is -0.363 e. The highest BCUT2D eigenvalue weighted by Gasteiger charge is 2.38. The maximum absolute atomic E-state index is 13.0. The molecular formula is C22H28N4O2. The van der Waals surface area contributed by atoms with E-state index >= 15 is 0 Å². The molecule has 1 atom stereocenters. The lowest BCUT2D eigenvalue weighted by atomic mass is 9.92. The first kappa shape index (κ1) is 18.9. The predicted octanol–water partition coefficient (Wildman–Crippen LogP) is 2.74. The molecule has 3 heterocycles. The average Bonchev–Trinajstić information content (AvgIpc) is 2.65. The zero-order chi connectivity index (χ0) is 19.9. The van der Waals surface area contributed by atoms with E-state index in [4.69, 9.17) is 4.74 Å². The van der Waals surface area contributed by atoms with Crippen molar-refractivity contribution in [3.63, 3.8) is 0 Å². The maximum atomic E-state index is 13.0. The first-order valence-electron chi connectivity index (χ1n) is 9.90. The van der Waals surface area contributed by atoms with Crippen molar-refractivity contribution in [1.82, 2.24) is 15.1 Å². The predicted molar refractivity (Wildman–Crippen MR) is 108 cm³/mol. The summed E-state index contributed by atoms with van der Waals surface area (Å²) in [6, 6.07) is 12.3. The standard InChI is InChI=1S/C22H28N4O2/c1-22(2,3)18-9-10-19(24-23-18)26-13-16(14-26)25(4)21(27)20-17-8-6-5-7-15(17)11-12-28-20/h5-10,16,20H,11-14H2,1-4H3. The Morgan fingerprint density at radius 3 is 2.57 bits per heavy atom. The van der Waals surface area contributed by atoms with Crippen LogP contribution in [0.25, 0.3) is 0 Å². The molecule has 1 aromatic carbocycles. The van der Waals surface area contributed by atoms with Crippen LogP contribution in [0.2, 0.25) is 0 Å². The average molecular weight is 380 g/mol. The van der Waals surface area contributed by atoms with Gasteiger partial charge in [0, 0.05) is 25.6 Å². The largest absolute Gasteiger partial charge is 0.363 e. The van der Waals surface area contributed by atoms with E-state index in [9.17, 15) is 4.79 Å². The number of nitrogens with zero attached hydrogens (tertiary/aromatic N) is 4. The summed E-state index contributed by atoms with van der Waals surface area (Å²) in [5.74, 6) is 0.898. The topological polar surface area (TPSA) is 58.6 Å². The van der Waals surface area contributed by atoms with Crippen molar-refractivity contribution < 1.29 is 9.53 Å². The Morgan fingerprint density at radius 2 is 1.89 bits per heavy atom. The highest BCUT2D eigenvalue weighted by Crippen LogP contribution is 2.30. The van der Waals surface area contributed by atoms with Gasteiger partial charge in [0.25, 0.3) is 5.91 Å². The number of fused-ring (bicyclic) bond motifs is 1. The number of carbonyl (C=O) groups is 1. The first-order valence-corrected chi connectivity index (χ1v) is 9.90. The van der Waals surface area contributed by atoms with Crippen molar-refractivity contribution in [2.45, 2.75) is 44.8 Å². The summed E-state index contributed by atoms with van der Waals surface area (Å²) >= 11 is 0. The second-order valence-corrected chi connectivity index (χ2v) is 8.73. The van der Waals surface area contributed by atoms with Crippen LogP contribution in [0.3, 0.4) is 0 Å². The van der Waals surface area contributed by atoms with Gasteiger partial charge in [0.05, 0.1) is 18.3 Å². The van der Waals surface area contributed by atoms with Crippen LogP contribution < -0.4 is 4.90 Å². The van der Waals surface area contributed by atoms with Gasteiger partial charge < -0.3 is 14.5 Å². The molecule has 2 aromatic rings. The fourth-order valence-corrected chi connectivity index (χ4v) is 3.74. The van der Waals surface area contributed by atoms with Crippen LogP contribution >= 0.6 is 0 Å². The molecule has 4 rings (SSSR count). The van der Waals surface area contributed by atoms with Crippen molar-refractivity contribution in [1.29, 1.82) is 0 Å². The SMILES string of the molecule is CN(C(=O)C1OCCc2ccccc21)C1CN(c2ccc(C(C)(C)C)nn2)C1. The fourth-order valence-electron chi connectivity index (χ4n) is 3.74. The molecule has 148 valence electrons. The van der Waals surface area contributed by atoms with Crippen molar-refractivity contribution in [3.8, 4) is 0 Å². The number of carbonyl (C=O) groups excluding carboxylic acids is 1. The summed E-state index contributed by atoms with van der Waals surface area (Å²) in [5, 5.41) is 8.74. The third-order valence-electron chi connectivity index (χ3n) is 5.72. The monoisotopic (exact) mass is 380 g/mol. The van der Waals surface area contributed by atoms with Gasteiger partial charge >= 0.3 is 0 Å². The lowest BCUT2D eigenvalue weighted by Gasteiger charge is -2.45. The van der Waals surface area contributed by atoms with Crippen LogP contribution in [0, 0.1) is 0 Å². The van der Waals surface area contributed by atoms with Gasteiger partial charge in [-0.05, 0) is 29.7 Å². The Kier molecular flexibility index (Phi) is 4.83. The van der Waals surface area contributed by atoms with Crippen LogP contribution in [-0.2, 0) is 21.4 Å². The number of ether oxygens (including phenoxy) is 1. The van der Waals surface area contributed by atoms with E-state index in [2.05, 4.69) is 41.9 Å². The first-order chi connectivity index (χ1) is 13.3. The van der Waals surface area contributed by atoms with E-state index in [1.165, 1.54) is 5.56 Å². The molecule has 0 saturated carbocycles. The van der Waals surface area contributed by atoms with Gasteiger partial charge in [-0.3, -0.25) is 4.79 Å². The van der Waals surface area contributed by atoms with E-state index in [-0.39, 0.29) is 17.4 Å². The van der Waals surface area contributed by atoms with Crippen LogP contribution in [0.1, 0.15) is 43.7 Å². The summed E-state index contributed by atoms with van der Waals surface area (Å²) in [4.78, 5) is 17.0. The third kappa shape index (κ3) is 3.49. The highest BCUT2D eigenvalue weighted by molar-refractivity contribution is 5.83. The number of hydrogen-bond donors (Lipinski definition) is 0. The Labute approximate surface area is 166 Å². The highest BCUT2D eigenvalue weighted by atomic mass is 16.5. The number of anilines is 1. The van der Waals surface area contributed by atoms with Gasteiger partial charge in [0.1, 0.15) is 0 Å². The molecule has 2 aliphatic heterocycles. The molecule has 6 heteroatoms. The Hall–Kier alpha value is -2.47. The number of amides is 1. The Balaban J connectivity index is 1.39. The van der Waals surface area contributed by atoms with Crippen LogP contribution in [0.15, 0.2) is 36.4 Å². The van der Waals surface area contributed by atoms with E-state index < -0.39 is 6.10 Å². The normalized spacial score (nSPS) is 19.7. The Bertz CT molecular complexity index is 854. The number of benzene rings is 1. The van der Waals surface area contributed by atoms with Crippen molar-refractivity contribution >= 4 is 11.7 Å². The fraction of sp³-hybridized carbons (Fsp3) is 0.500. The molecule has 1 saturated heterocycles. The van der Waals surface area contributed by atoms with Gasteiger partial charge in [-0.15, -0.1) is 5.10 Å². The molecule has 2 aliphatic rings. The summed E-state index contributed by atoms with van der Waals surface area (Å²) in [5.41, 5.74) is 3.19. The zero-order valence-electron chi connectivity index (χ0n) is 17.1. The molecule has 0 spiro atoms. The van der Waals surface area contributed by atoms with Crippen molar-refractivity contribution in [2.24, 2.45) is 0 Å². The lowest BCUT2D eigenvalue weighted by molar-refractivity contribution is -0.146. The summed E-state index contributed by atoms with van der Waals surface area (Å²) in [6.07, 6.45) is 0.374. The molecule has 28 heavy (non-hydrogen) atoms. The van der Waals surface area contributed by atoms with E-state index in [1.54, 1.807) is 0 Å². The molecule has 6 nitrogen and oxygen atoms in total. The molecule has 0 radical (unpaired) electrons. The van der Waals surface area contributed by atoms with Crippen molar-refractivity contribution in [3.05, 3.63) is 53.2 Å². The van der Waals surface area contributed by atoms with Gasteiger partial charge in [-0.1, -0.05) is 45.0 Å². The minimum atomic E-state index is -0.491. The molecule has 0 N–H and O–H groups in total. The van der Waals surface area contributed by atoms with Gasteiger partial charge in [0.15, 0.2) is 11.9 Å². The van der Waals surface area contributed by atoms with E-state index in [0.717, 1.165) is 36.6 Å². The van der Waals surface area contributed by atoms with Crippen LogP contribution in [0.5, 0.6) is 0 Å². The molecule has 1 unspecified atom stereocenters. The molecule has 1 aromatic heterocycles. The van der Waals surface area contributed by atoms with Gasteiger partial charge in [0.2, 0.25) is 0 Å². The molecule has 1 fully saturated rings. The quantitative estimate of drug-likeness (QED) is 0.819. The van der Waals surface area contributed by atoms with E-state index in [1.807, 2.05) is 42.3 Å². The Morgan fingerprint density at radius 1 is 1.14 bits per heavy atom. The molecule has 0 aliphatic carbocycles. The van der Waals surface area contributed by atoms with Crippen LogP contribution in [-0.4, -0.2) is 53.8 Å². The van der Waals surface area contributed by atoms with Crippen molar-refractivity contribution in [2.75, 3.05) is 31.6 Å². The van der Waals surface area contributed by atoms with Gasteiger partial charge in [-0.2, -0.15) is 5.10 Å². The second kappa shape index (κ2) is 7.17. The lowest BCUT2D eigenvalue weighted by Crippen LogP contribution is -2.61. The third-order valence-corrected chi connectivity index (χ3v) is 5.72. The van der Waals surface area contributed by atoms with E-state index in [0.29, 0.717) is 6.61 Å². The molecular weight excluding hydrogens is 352 g/mol. The number of rotatable bonds is 3. The summed E-state index contributed by atoms with van der Waals surface area (Å²) in [7, 11) is 1.87. The second-order valence-electron chi connectivity index (χ2n) is 8.73. The zero-order valence-corrected chi connectivity index (χ0v) is 17.1. The van der Waals surface area contributed by atoms with Crippen LogP contribution in [0.4, 0.5) is 5.82 Å². The number of aromatic nitrogens is 2. The smallest absolute Gasteiger partial charge is 0.256 e. The molecule has 0 bridgehead atoms. The molecule has 1 amide bonds.